The molecule has 2 aliphatic rings. The smallest absolute Gasteiger partial charge is 0.293 e. The number of hydrogen-bond donors (Lipinski definition) is 2. The van der Waals surface area contributed by atoms with Gasteiger partial charge in [-0.2, -0.15) is 0 Å². The number of hydrogen-bond acceptors (Lipinski definition) is 4. The van der Waals surface area contributed by atoms with E-state index in [1.54, 1.807) is 22.6 Å². The lowest BCUT2D eigenvalue weighted by molar-refractivity contribution is -0.384. The number of piperidine rings is 1. The van der Waals surface area contributed by atoms with Gasteiger partial charge in [0.05, 0.1) is 8.49 Å². The molecule has 1 unspecified atom stereocenters. The third kappa shape index (κ3) is 2.98. The van der Waals surface area contributed by atoms with Gasteiger partial charge in [-0.15, -0.1) is 0 Å². The molecule has 5 nitrogen and oxygen atoms in total. The van der Waals surface area contributed by atoms with Crippen LogP contribution in [0.5, 0.6) is 0 Å². The normalized spacial score (nSPS) is 23.6. The quantitative estimate of drug-likeness (QED) is 0.460. The largest absolute Gasteiger partial charge is 0.377 e. The number of nitro benzene ring substituents is 1. The molecule has 0 bridgehead atoms. The van der Waals surface area contributed by atoms with E-state index in [-0.39, 0.29) is 20.8 Å². The lowest BCUT2D eigenvalue weighted by Gasteiger charge is -2.48. The van der Waals surface area contributed by atoms with Gasteiger partial charge < -0.3 is 10.6 Å². The minimum Gasteiger partial charge on any atom is -0.377 e. The van der Waals surface area contributed by atoms with Crippen LogP contribution in [0, 0.1) is 19.5 Å². The Bertz CT molecular complexity index is 578. The van der Waals surface area contributed by atoms with Gasteiger partial charge in [0, 0.05) is 23.7 Å². The Morgan fingerprint density at radius 1 is 1.48 bits per heavy atom. The van der Waals surface area contributed by atoms with Crippen molar-refractivity contribution in [2.24, 2.45) is 0 Å². The van der Waals surface area contributed by atoms with Crippen molar-refractivity contribution in [2.75, 3.05) is 11.9 Å². The number of halogens is 2. The summed E-state index contributed by atoms with van der Waals surface area (Å²) >= 11 is 1.77. The highest BCUT2D eigenvalue weighted by Crippen LogP contribution is 2.39. The van der Waals surface area contributed by atoms with E-state index in [0.29, 0.717) is 5.69 Å². The fourth-order valence-electron chi connectivity index (χ4n) is 3.29. The second-order valence-corrected chi connectivity index (χ2v) is 7.10. The molecule has 3 rings (SSSR count). The first-order chi connectivity index (χ1) is 9.99. The first-order valence-electron chi connectivity index (χ1n) is 7.14. The summed E-state index contributed by atoms with van der Waals surface area (Å²) in [4.78, 5) is 10.7. The molecular weight excluding hydrogens is 388 g/mol. The van der Waals surface area contributed by atoms with Crippen LogP contribution < -0.4 is 10.6 Å². The molecule has 1 aliphatic carbocycles. The van der Waals surface area contributed by atoms with Gasteiger partial charge in [-0.05, 0) is 61.2 Å². The van der Waals surface area contributed by atoms with Crippen molar-refractivity contribution in [3.05, 3.63) is 31.6 Å². The first-order valence-corrected chi connectivity index (χ1v) is 8.22. The van der Waals surface area contributed by atoms with E-state index in [4.69, 9.17) is 0 Å². The Labute approximate surface area is 136 Å². The number of benzene rings is 1. The van der Waals surface area contributed by atoms with Crippen LogP contribution in [0.1, 0.15) is 32.1 Å². The van der Waals surface area contributed by atoms with Crippen molar-refractivity contribution in [3.63, 3.8) is 0 Å². The van der Waals surface area contributed by atoms with E-state index in [0.717, 1.165) is 32.2 Å². The zero-order valence-electron chi connectivity index (χ0n) is 11.5. The Balaban J connectivity index is 1.80. The van der Waals surface area contributed by atoms with Gasteiger partial charge in [0.1, 0.15) is 11.5 Å². The SMILES string of the molecule is O=[N+]([O-])c1cc(I)c(F)cc1NC1CCNC2(CCC2)C1. The molecule has 7 heteroatoms. The van der Waals surface area contributed by atoms with E-state index in [1.807, 2.05) is 0 Å². The molecule has 1 heterocycles. The standard InChI is InChI=1S/C14H17FIN3O2/c15-10-6-12(13(19(20)21)7-11(10)16)18-9-2-5-17-14(8-9)3-1-4-14/h6-7,9,17-18H,1-5,8H2. The van der Waals surface area contributed by atoms with E-state index in [9.17, 15) is 14.5 Å². The summed E-state index contributed by atoms with van der Waals surface area (Å²) < 4.78 is 14.0. The average Bonchev–Trinajstić information content (AvgIpc) is 2.41. The number of anilines is 1. The summed E-state index contributed by atoms with van der Waals surface area (Å²) in [6, 6.07) is 2.69. The summed E-state index contributed by atoms with van der Waals surface area (Å²) in [5, 5.41) is 17.9. The molecular formula is C14H17FIN3O2. The minimum atomic E-state index is -0.454. The second-order valence-electron chi connectivity index (χ2n) is 5.94. The third-order valence-electron chi connectivity index (χ3n) is 4.54. The molecule has 1 atom stereocenters. The monoisotopic (exact) mass is 405 g/mol. The van der Waals surface area contributed by atoms with Gasteiger partial charge in [-0.3, -0.25) is 10.1 Å². The van der Waals surface area contributed by atoms with E-state index >= 15 is 0 Å². The molecule has 0 radical (unpaired) electrons. The topological polar surface area (TPSA) is 67.2 Å². The Hall–Kier alpha value is -0.960. The lowest BCUT2D eigenvalue weighted by atomic mass is 9.70. The van der Waals surface area contributed by atoms with Crippen molar-refractivity contribution in [1.82, 2.24) is 5.32 Å². The molecule has 1 aliphatic heterocycles. The third-order valence-corrected chi connectivity index (χ3v) is 5.36. The maximum Gasteiger partial charge on any atom is 0.293 e. The van der Waals surface area contributed by atoms with Gasteiger partial charge in [-0.1, -0.05) is 0 Å². The van der Waals surface area contributed by atoms with Crippen LogP contribution in [0.25, 0.3) is 0 Å². The van der Waals surface area contributed by atoms with Gasteiger partial charge in [0.25, 0.3) is 5.69 Å². The van der Waals surface area contributed by atoms with Crippen molar-refractivity contribution >= 4 is 34.0 Å². The van der Waals surface area contributed by atoms with Crippen molar-refractivity contribution in [2.45, 2.75) is 43.7 Å². The zero-order chi connectivity index (χ0) is 15.0. The fourth-order valence-corrected chi connectivity index (χ4v) is 3.74. The predicted molar refractivity (Wildman–Crippen MR) is 87.0 cm³/mol. The van der Waals surface area contributed by atoms with Gasteiger partial charge in [-0.25, -0.2) is 4.39 Å². The summed E-state index contributed by atoms with van der Waals surface area (Å²) in [5.41, 5.74) is 0.438. The van der Waals surface area contributed by atoms with Crippen LogP contribution in [-0.2, 0) is 0 Å². The predicted octanol–water partition coefficient (Wildman–Crippen LogP) is 3.43. The summed E-state index contributed by atoms with van der Waals surface area (Å²) in [7, 11) is 0. The Morgan fingerprint density at radius 3 is 2.86 bits per heavy atom. The van der Waals surface area contributed by atoms with Crippen molar-refractivity contribution in [1.29, 1.82) is 0 Å². The van der Waals surface area contributed by atoms with Crippen LogP contribution >= 0.6 is 22.6 Å². The number of nitrogens with one attached hydrogen (secondary N) is 2. The van der Waals surface area contributed by atoms with Gasteiger partial charge in [0.2, 0.25) is 0 Å². The zero-order valence-corrected chi connectivity index (χ0v) is 13.7. The maximum absolute atomic E-state index is 13.7. The van der Waals surface area contributed by atoms with Crippen LogP contribution in [0.15, 0.2) is 12.1 Å². The number of nitrogens with zero attached hydrogens (tertiary/aromatic N) is 1. The van der Waals surface area contributed by atoms with Crippen molar-refractivity contribution in [3.8, 4) is 0 Å². The highest BCUT2D eigenvalue weighted by atomic mass is 127. The van der Waals surface area contributed by atoms with Gasteiger partial charge >= 0.3 is 0 Å². The molecule has 2 N–H and O–H groups in total. The molecule has 0 aromatic heterocycles. The highest BCUT2D eigenvalue weighted by Gasteiger charge is 2.41. The summed E-state index contributed by atoms with van der Waals surface area (Å²) in [6.07, 6.45) is 5.39. The van der Waals surface area contributed by atoms with Crippen LogP contribution in [0.2, 0.25) is 0 Å². The van der Waals surface area contributed by atoms with Crippen molar-refractivity contribution < 1.29 is 9.31 Å². The molecule has 1 aromatic rings. The van der Waals surface area contributed by atoms with E-state index < -0.39 is 10.7 Å². The van der Waals surface area contributed by atoms with E-state index in [2.05, 4.69) is 10.6 Å². The number of nitro groups is 1. The molecule has 2 fully saturated rings. The minimum absolute atomic E-state index is 0.0537. The molecule has 1 aromatic carbocycles. The van der Waals surface area contributed by atoms with Gasteiger partial charge in [0.15, 0.2) is 0 Å². The van der Waals surface area contributed by atoms with Crippen LogP contribution in [-0.4, -0.2) is 23.0 Å². The van der Waals surface area contributed by atoms with Crippen LogP contribution in [0.3, 0.4) is 0 Å². The fraction of sp³-hybridized carbons (Fsp3) is 0.571. The number of rotatable bonds is 3. The molecule has 1 spiro atoms. The molecule has 1 saturated heterocycles. The molecule has 1 saturated carbocycles. The average molecular weight is 405 g/mol. The van der Waals surface area contributed by atoms with E-state index in [1.165, 1.54) is 18.6 Å². The Morgan fingerprint density at radius 2 is 2.24 bits per heavy atom. The molecule has 0 amide bonds. The summed E-state index contributed by atoms with van der Waals surface area (Å²) in [5.74, 6) is -0.420. The maximum atomic E-state index is 13.7. The van der Waals surface area contributed by atoms with Crippen LogP contribution in [0.4, 0.5) is 15.8 Å². The first kappa shape index (κ1) is 15.0. The summed E-state index contributed by atoms with van der Waals surface area (Å²) in [6.45, 7) is 0.901. The highest BCUT2D eigenvalue weighted by molar-refractivity contribution is 14.1. The molecule has 21 heavy (non-hydrogen) atoms. The second kappa shape index (κ2) is 5.68. The molecule has 114 valence electrons. The Kier molecular flexibility index (Phi) is 4.04. The lowest BCUT2D eigenvalue weighted by Crippen LogP contribution is -2.58.